The molecule has 0 bridgehead atoms. The fourth-order valence-electron chi connectivity index (χ4n) is 2.13. The Bertz CT molecular complexity index is 614. The molecule has 1 aromatic rings. The molecular formula is C17H25N3O4. The van der Waals surface area contributed by atoms with Gasteiger partial charge in [-0.05, 0) is 40.1 Å². The van der Waals surface area contributed by atoms with E-state index in [0.29, 0.717) is 43.5 Å². The molecule has 2 amide bonds. The standard InChI is InChI=1S/C17H25N3O4/c1-17(2,15(21)18-7-8-20(3)4)16(22)19-12-5-6-13-14(11-12)24-10-9-23-13/h5-6,11H,7-10H2,1-4H3,(H,18,21)(H,19,22). The van der Waals surface area contributed by atoms with E-state index in [0.717, 1.165) is 0 Å². The molecule has 7 nitrogen and oxygen atoms in total. The number of anilines is 1. The summed E-state index contributed by atoms with van der Waals surface area (Å²) in [4.78, 5) is 26.7. The van der Waals surface area contributed by atoms with Gasteiger partial charge in [-0.25, -0.2) is 0 Å². The molecule has 132 valence electrons. The summed E-state index contributed by atoms with van der Waals surface area (Å²) in [5.41, 5.74) is -0.613. The summed E-state index contributed by atoms with van der Waals surface area (Å²) in [6.07, 6.45) is 0. The third-order valence-electron chi connectivity index (χ3n) is 3.78. The van der Waals surface area contributed by atoms with E-state index in [-0.39, 0.29) is 11.8 Å². The maximum Gasteiger partial charge on any atom is 0.239 e. The Morgan fingerprint density at radius 2 is 1.79 bits per heavy atom. The number of rotatable bonds is 6. The van der Waals surface area contributed by atoms with E-state index in [1.54, 1.807) is 32.0 Å². The van der Waals surface area contributed by atoms with Crippen molar-refractivity contribution in [2.45, 2.75) is 13.8 Å². The van der Waals surface area contributed by atoms with E-state index < -0.39 is 5.41 Å². The van der Waals surface area contributed by atoms with Crippen LogP contribution in [0.15, 0.2) is 18.2 Å². The van der Waals surface area contributed by atoms with Crippen LogP contribution in [0.1, 0.15) is 13.8 Å². The molecule has 0 aromatic heterocycles. The van der Waals surface area contributed by atoms with Crippen LogP contribution in [-0.2, 0) is 9.59 Å². The topological polar surface area (TPSA) is 79.9 Å². The first-order valence-electron chi connectivity index (χ1n) is 7.95. The van der Waals surface area contributed by atoms with E-state index in [1.807, 2.05) is 19.0 Å². The van der Waals surface area contributed by atoms with E-state index in [2.05, 4.69) is 10.6 Å². The van der Waals surface area contributed by atoms with Gasteiger partial charge in [0.15, 0.2) is 11.5 Å². The molecule has 0 radical (unpaired) electrons. The molecule has 0 fully saturated rings. The summed E-state index contributed by atoms with van der Waals surface area (Å²) in [7, 11) is 3.85. The Balaban J connectivity index is 1.98. The van der Waals surface area contributed by atoms with Crippen molar-refractivity contribution in [3.05, 3.63) is 18.2 Å². The highest BCUT2D eigenvalue weighted by Gasteiger charge is 2.36. The van der Waals surface area contributed by atoms with Gasteiger partial charge in [-0.3, -0.25) is 9.59 Å². The van der Waals surface area contributed by atoms with Gasteiger partial charge in [-0.1, -0.05) is 0 Å². The summed E-state index contributed by atoms with van der Waals surface area (Å²) in [6.45, 7) is 5.40. The van der Waals surface area contributed by atoms with Crippen molar-refractivity contribution >= 4 is 17.5 Å². The molecule has 0 aliphatic carbocycles. The van der Waals surface area contributed by atoms with Crippen LogP contribution >= 0.6 is 0 Å². The monoisotopic (exact) mass is 335 g/mol. The number of benzene rings is 1. The smallest absolute Gasteiger partial charge is 0.239 e. The summed E-state index contributed by atoms with van der Waals surface area (Å²) in [6, 6.07) is 5.17. The fraction of sp³-hybridized carbons (Fsp3) is 0.529. The first kappa shape index (κ1) is 18.1. The van der Waals surface area contributed by atoms with Gasteiger partial charge in [0.25, 0.3) is 0 Å². The summed E-state index contributed by atoms with van der Waals surface area (Å²) in [5.74, 6) is 0.563. The molecule has 0 atom stereocenters. The Hall–Kier alpha value is -2.28. The lowest BCUT2D eigenvalue weighted by Gasteiger charge is -2.24. The van der Waals surface area contributed by atoms with Crippen molar-refractivity contribution in [2.24, 2.45) is 5.41 Å². The fourth-order valence-corrected chi connectivity index (χ4v) is 2.13. The average Bonchev–Trinajstić information content (AvgIpc) is 2.54. The van der Waals surface area contributed by atoms with Crippen molar-refractivity contribution in [1.82, 2.24) is 10.2 Å². The van der Waals surface area contributed by atoms with Crippen LogP contribution in [0.4, 0.5) is 5.69 Å². The van der Waals surface area contributed by atoms with Crippen LogP contribution in [-0.4, -0.2) is 57.1 Å². The van der Waals surface area contributed by atoms with Gasteiger partial charge >= 0.3 is 0 Å². The number of nitrogens with one attached hydrogen (secondary N) is 2. The number of amides is 2. The van der Waals surface area contributed by atoms with Gasteiger partial charge in [0.1, 0.15) is 18.6 Å². The predicted molar refractivity (Wildman–Crippen MR) is 91.4 cm³/mol. The number of nitrogens with zero attached hydrogens (tertiary/aromatic N) is 1. The molecule has 1 aromatic carbocycles. The van der Waals surface area contributed by atoms with Gasteiger partial charge in [-0.2, -0.15) is 0 Å². The Kier molecular flexibility index (Phi) is 5.66. The largest absolute Gasteiger partial charge is 0.486 e. The van der Waals surface area contributed by atoms with Crippen LogP contribution in [0.25, 0.3) is 0 Å². The highest BCUT2D eigenvalue weighted by molar-refractivity contribution is 6.09. The molecule has 1 aliphatic rings. The lowest BCUT2D eigenvalue weighted by Crippen LogP contribution is -2.46. The van der Waals surface area contributed by atoms with Crippen LogP contribution < -0.4 is 20.1 Å². The van der Waals surface area contributed by atoms with E-state index in [4.69, 9.17) is 9.47 Å². The lowest BCUT2D eigenvalue weighted by molar-refractivity contribution is -0.138. The number of ether oxygens (including phenoxy) is 2. The Morgan fingerprint density at radius 3 is 2.46 bits per heavy atom. The molecule has 24 heavy (non-hydrogen) atoms. The van der Waals surface area contributed by atoms with Crippen molar-refractivity contribution in [2.75, 3.05) is 45.7 Å². The van der Waals surface area contributed by atoms with Gasteiger partial charge in [-0.15, -0.1) is 0 Å². The van der Waals surface area contributed by atoms with Gasteiger partial charge in [0, 0.05) is 24.8 Å². The van der Waals surface area contributed by atoms with Crippen molar-refractivity contribution in [1.29, 1.82) is 0 Å². The lowest BCUT2D eigenvalue weighted by atomic mass is 9.91. The first-order chi connectivity index (χ1) is 11.3. The number of likely N-dealkylation sites (N-methyl/N-ethyl adjacent to an activating group) is 1. The predicted octanol–water partition coefficient (Wildman–Crippen LogP) is 1.10. The minimum absolute atomic E-state index is 0.306. The Labute approximate surface area is 142 Å². The van der Waals surface area contributed by atoms with Crippen molar-refractivity contribution in [3.8, 4) is 11.5 Å². The molecule has 1 heterocycles. The third kappa shape index (κ3) is 4.38. The number of carbonyl (C=O) groups is 2. The maximum absolute atomic E-state index is 12.5. The van der Waals surface area contributed by atoms with Gasteiger partial charge < -0.3 is 25.0 Å². The van der Waals surface area contributed by atoms with Crippen molar-refractivity contribution < 1.29 is 19.1 Å². The maximum atomic E-state index is 12.5. The second kappa shape index (κ2) is 7.53. The molecule has 2 rings (SSSR count). The molecule has 7 heteroatoms. The third-order valence-corrected chi connectivity index (χ3v) is 3.78. The summed E-state index contributed by atoms with van der Waals surface area (Å²) >= 11 is 0. The number of fused-ring (bicyclic) bond motifs is 1. The number of hydrogen-bond donors (Lipinski definition) is 2. The summed E-state index contributed by atoms with van der Waals surface area (Å²) < 4.78 is 10.9. The molecule has 0 unspecified atom stereocenters. The van der Waals surface area contributed by atoms with Crippen LogP contribution in [0.2, 0.25) is 0 Å². The number of hydrogen-bond acceptors (Lipinski definition) is 5. The second-order valence-electron chi connectivity index (χ2n) is 6.50. The van der Waals surface area contributed by atoms with Crippen molar-refractivity contribution in [3.63, 3.8) is 0 Å². The minimum Gasteiger partial charge on any atom is -0.486 e. The van der Waals surface area contributed by atoms with Crippen LogP contribution in [0, 0.1) is 5.41 Å². The zero-order valence-corrected chi connectivity index (χ0v) is 14.6. The quantitative estimate of drug-likeness (QED) is 0.761. The molecule has 2 N–H and O–H groups in total. The molecule has 0 spiro atoms. The number of carbonyl (C=O) groups excluding carboxylic acids is 2. The normalized spacial score (nSPS) is 13.5. The minimum atomic E-state index is -1.18. The zero-order valence-electron chi connectivity index (χ0n) is 14.6. The molecule has 0 saturated heterocycles. The van der Waals surface area contributed by atoms with E-state index in [1.165, 1.54) is 0 Å². The summed E-state index contributed by atoms with van der Waals surface area (Å²) in [5, 5.41) is 5.55. The Morgan fingerprint density at radius 1 is 1.12 bits per heavy atom. The average molecular weight is 335 g/mol. The van der Waals surface area contributed by atoms with Crippen LogP contribution in [0.3, 0.4) is 0 Å². The molecule has 1 aliphatic heterocycles. The van der Waals surface area contributed by atoms with Crippen LogP contribution in [0.5, 0.6) is 11.5 Å². The SMILES string of the molecule is CN(C)CCNC(=O)C(C)(C)C(=O)Nc1ccc2c(c1)OCCO2. The second-order valence-corrected chi connectivity index (χ2v) is 6.50. The molecular weight excluding hydrogens is 310 g/mol. The van der Waals surface area contributed by atoms with Gasteiger partial charge in [0.2, 0.25) is 11.8 Å². The first-order valence-corrected chi connectivity index (χ1v) is 7.95. The van der Waals surface area contributed by atoms with E-state index >= 15 is 0 Å². The highest BCUT2D eigenvalue weighted by atomic mass is 16.6. The highest BCUT2D eigenvalue weighted by Crippen LogP contribution is 2.33. The van der Waals surface area contributed by atoms with Gasteiger partial charge in [0.05, 0.1) is 0 Å². The molecule has 0 saturated carbocycles. The van der Waals surface area contributed by atoms with E-state index in [9.17, 15) is 9.59 Å². The zero-order chi connectivity index (χ0) is 17.7.